The fourth-order valence-electron chi connectivity index (χ4n) is 9.69. The number of hydrogen-bond acceptors (Lipinski definition) is 6. The molecule has 3 aromatic rings. The molecule has 256 valence electrons. The van der Waals surface area contributed by atoms with Crippen LogP contribution in [0.25, 0.3) is 0 Å². The number of carbonyl (C=O) groups is 3. The molecule has 7 rings (SSSR count). The van der Waals surface area contributed by atoms with Crippen LogP contribution in [0.3, 0.4) is 0 Å². The number of ketones is 1. The van der Waals surface area contributed by atoms with Gasteiger partial charge in [-0.2, -0.15) is 0 Å². The number of aryl methyl sites for hydroxylation is 1. The number of rotatable bonds is 13. The molecule has 8 nitrogen and oxygen atoms in total. The van der Waals surface area contributed by atoms with Gasteiger partial charge in [-0.05, 0) is 56.6 Å². The molecule has 3 aromatic carbocycles. The van der Waals surface area contributed by atoms with Crippen LogP contribution in [-0.4, -0.2) is 52.6 Å². The number of piperidine rings is 1. The Morgan fingerprint density at radius 1 is 1.10 bits per heavy atom. The van der Waals surface area contributed by atoms with Gasteiger partial charge in [0, 0.05) is 60.8 Å². The van der Waals surface area contributed by atoms with Gasteiger partial charge in [-0.25, -0.2) is 10.0 Å². The Bertz CT molecular complexity index is 1740. The van der Waals surface area contributed by atoms with Crippen LogP contribution in [0.15, 0.2) is 79.4 Å². The lowest BCUT2D eigenvalue weighted by atomic mass is 9.51. The fourth-order valence-corrected chi connectivity index (χ4v) is 9.69. The van der Waals surface area contributed by atoms with Crippen molar-refractivity contribution in [2.75, 3.05) is 13.1 Å². The van der Waals surface area contributed by atoms with Crippen LogP contribution in [0.5, 0.6) is 17.2 Å². The Kier molecular flexibility index (Phi) is 9.09. The average molecular weight is 664 g/mol. The van der Waals surface area contributed by atoms with Crippen LogP contribution in [0, 0.1) is 11.8 Å². The number of likely N-dealkylation sites (tertiary alicyclic amines) is 1. The Hall–Kier alpha value is -4.43. The van der Waals surface area contributed by atoms with E-state index >= 15 is 0 Å². The molecular formula is C41H47N2O6+. The molecule has 2 aliphatic heterocycles. The van der Waals surface area contributed by atoms with Crippen LogP contribution in [0.4, 0.5) is 0 Å². The summed E-state index contributed by atoms with van der Waals surface area (Å²) < 4.78 is 12.6. The minimum absolute atomic E-state index is 0.0110. The van der Waals surface area contributed by atoms with Crippen LogP contribution in [0.2, 0.25) is 0 Å². The monoisotopic (exact) mass is 663 g/mol. The molecule has 4 aliphatic rings. The minimum Gasteiger partial charge on any atom is -0.508 e. The number of phenolic OH excluding ortho intramolecular Hbond substituents is 1. The third-order valence-electron chi connectivity index (χ3n) is 11.8. The Balaban J connectivity index is 1.17. The van der Waals surface area contributed by atoms with E-state index in [-0.39, 0.29) is 46.8 Å². The van der Waals surface area contributed by atoms with E-state index in [9.17, 15) is 19.5 Å². The van der Waals surface area contributed by atoms with Gasteiger partial charge in [-0.15, -0.1) is 0 Å². The van der Waals surface area contributed by atoms with Crippen molar-refractivity contribution in [3.05, 3.63) is 102 Å². The van der Waals surface area contributed by atoms with E-state index in [2.05, 4.69) is 24.1 Å². The molecule has 6 atom stereocenters. The normalized spacial score (nSPS) is 26.5. The summed E-state index contributed by atoms with van der Waals surface area (Å²) in [5, 5.41) is 11.4. The number of hydrogen-bond donors (Lipinski definition) is 2. The first-order valence-corrected chi connectivity index (χ1v) is 17.9. The zero-order chi connectivity index (χ0) is 34.2. The molecule has 1 saturated heterocycles. The second-order valence-electron chi connectivity index (χ2n) is 14.5. The number of nitrogens with one attached hydrogen (secondary N) is 1. The Labute approximate surface area is 288 Å². The molecule has 8 heteroatoms. The molecule has 2 unspecified atom stereocenters. The van der Waals surface area contributed by atoms with Crippen molar-refractivity contribution < 1.29 is 33.6 Å². The number of carbonyl (C=O) groups excluding carboxylic acids is 3. The van der Waals surface area contributed by atoms with Crippen molar-refractivity contribution in [3.8, 4) is 17.2 Å². The molecule has 0 aromatic heterocycles. The second kappa shape index (κ2) is 13.5. The molecule has 2 N–H and O–H groups in total. The van der Waals surface area contributed by atoms with E-state index in [1.165, 1.54) is 18.6 Å². The molecule has 1 saturated carbocycles. The van der Waals surface area contributed by atoms with Gasteiger partial charge in [0.1, 0.15) is 31.0 Å². The molecule has 2 aliphatic carbocycles. The highest BCUT2D eigenvalue weighted by Crippen LogP contribution is 2.66. The molecule has 1 amide bonds. The number of quaternary nitrogens is 1. The summed E-state index contributed by atoms with van der Waals surface area (Å²) >= 11 is 0. The summed E-state index contributed by atoms with van der Waals surface area (Å²) in [6.45, 7) is 6.77. The number of aromatic hydroxyl groups is 1. The number of phenols is 1. The van der Waals surface area contributed by atoms with Crippen molar-refractivity contribution in [2.45, 2.75) is 88.7 Å². The number of benzene rings is 3. The van der Waals surface area contributed by atoms with Crippen molar-refractivity contribution in [1.29, 1.82) is 0 Å². The van der Waals surface area contributed by atoms with Gasteiger partial charge in [0.05, 0.1) is 5.41 Å². The number of ether oxygens (including phenoxy) is 2. The maximum atomic E-state index is 14.5. The van der Waals surface area contributed by atoms with Crippen LogP contribution >= 0.6 is 0 Å². The first kappa shape index (κ1) is 33.1. The van der Waals surface area contributed by atoms with E-state index in [1.807, 2.05) is 54.6 Å². The van der Waals surface area contributed by atoms with Gasteiger partial charge in [-0.1, -0.05) is 67.2 Å². The Morgan fingerprint density at radius 3 is 2.59 bits per heavy atom. The van der Waals surface area contributed by atoms with Gasteiger partial charge >= 0.3 is 5.97 Å². The third-order valence-corrected chi connectivity index (χ3v) is 11.8. The predicted octanol–water partition coefficient (Wildman–Crippen LogP) is 6.78. The number of amides is 1. The highest BCUT2D eigenvalue weighted by Gasteiger charge is 2.69. The van der Waals surface area contributed by atoms with E-state index < -0.39 is 5.97 Å². The maximum Gasteiger partial charge on any atom is 0.308 e. The Morgan fingerprint density at radius 2 is 1.86 bits per heavy atom. The lowest BCUT2D eigenvalue weighted by Crippen LogP contribution is -2.76. The molecule has 2 bridgehead atoms. The summed E-state index contributed by atoms with van der Waals surface area (Å²) in [4.78, 5) is 39.5. The van der Waals surface area contributed by atoms with Gasteiger partial charge in [-0.3, -0.25) is 14.4 Å². The molecular weight excluding hydrogens is 616 g/mol. The maximum absolute atomic E-state index is 14.5. The number of nitrogens with zero attached hydrogens (tertiary/aromatic N) is 1. The SMILES string of the molecule is C=CC[N+]1(NC(=O)C(CCCC(=O)c2ccccc2)CCc2ccccc2)CC[C@]23c4c5c(O)cc(OC(C)=O)c4O[C@H]2CCC[C@H]3[C@H]1C5. The van der Waals surface area contributed by atoms with E-state index in [4.69, 9.17) is 9.47 Å². The van der Waals surface area contributed by atoms with Crippen molar-refractivity contribution in [3.63, 3.8) is 0 Å². The zero-order valence-corrected chi connectivity index (χ0v) is 28.4. The fraction of sp³-hybridized carbons (Fsp3) is 0.439. The average Bonchev–Trinajstić information content (AvgIpc) is 3.44. The quantitative estimate of drug-likeness (QED) is 0.0688. The summed E-state index contributed by atoms with van der Waals surface area (Å²) in [6, 6.07) is 21.1. The summed E-state index contributed by atoms with van der Waals surface area (Å²) in [7, 11) is 0. The van der Waals surface area contributed by atoms with Crippen LogP contribution in [0.1, 0.15) is 85.3 Å². The van der Waals surface area contributed by atoms with Gasteiger partial charge in [0.25, 0.3) is 5.91 Å². The first-order valence-electron chi connectivity index (χ1n) is 17.9. The van der Waals surface area contributed by atoms with E-state index in [0.717, 1.165) is 43.2 Å². The largest absolute Gasteiger partial charge is 0.508 e. The lowest BCUT2D eigenvalue weighted by Gasteiger charge is -2.60. The standard InChI is InChI=1S/C41H46N2O6/c1-3-23-43(42-40(47)30(21-20-28-12-6-4-7-13-28)16-10-18-34(45)29-14-8-5-9-15-29)24-22-41-32-17-11-19-37(41)49-39-36(48-27(2)44)26-35(46)31(38(39)41)25-33(32)43/h3-9,12-15,26,30,32-33,37H,1,10-11,16-25H2,2H3,(H-,42,46,47)/p+1/t30?,32-,33+,37-,41+,43?/m0/s1. The van der Waals surface area contributed by atoms with E-state index in [0.29, 0.717) is 66.8 Å². The second-order valence-corrected chi connectivity index (χ2v) is 14.5. The third kappa shape index (κ3) is 5.94. The molecule has 2 fully saturated rings. The van der Waals surface area contributed by atoms with E-state index in [1.54, 1.807) is 0 Å². The van der Waals surface area contributed by atoms with Gasteiger partial charge in [0.2, 0.25) is 0 Å². The zero-order valence-electron chi connectivity index (χ0n) is 28.4. The minimum atomic E-state index is -0.448. The molecule has 49 heavy (non-hydrogen) atoms. The molecule has 2 heterocycles. The van der Waals surface area contributed by atoms with Gasteiger partial charge in [0.15, 0.2) is 17.3 Å². The van der Waals surface area contributed by atoms with Crippen LogP contribution < -0.4 is 14.9 Å². The summed E-state index contributed by atoms with van der Waals surface area (Å²) in [5.41, 5.74) is 7.04. The van der Waals surface area contributed by atoms with Crippen molar-refractivity contribution >= 4 is 17.7 Å². The number of esters is 1. The smallest absolute Gasteiger partial charge is 0.308 e. The predicted molar refractivity (Wildman–Crippen MR) is 186 cm³/mol. The lowest BCUT2D eigenvalue weighted by molar-refractivity contribution is -0.989. The topological polar surface area (TPSA) is 102 Å². The molecule has 0 radical (unpaired) electrons. The summed E-state index contributed by atoms with van der Waals surface area (Å²) in [5.74, 6) is 0.624. The van der Waals surface area contributed by atoms with Crippen molar-refractivity contribution in [2.24, 2.45) is 11.8 Å². The van der Waals surface area contributed by atoms with Gasteiger partial charge < -0.3 is 14.6 Å². The van der Waals surface area contributed by atoms with Crippen LogP contribution in [-0.2, 0) is 27.8 Å². The highest BCUT2D eigenvalue weighted by atomic mass is 16.6. The van der Waals surface area contributed by atoms with Crippen molar-refractivity contribution in [1.82, 2.24) is 5.43 Å². The summed E-state index contributed by atoms with van der Waals surface area (Å²) in [6.07, 6.45) is 9.18. The highest BCUT2D eigenvalue weighted by molar-refractivity contribution is 5.96. The first-order chi connectivity index (χ1) is 23.8. The molecule has 1 spiro atoms. The number of Topliss-reactive ketones (excluding diaryl/α,β-unsaturated/α-hetero) is 1.